The van der Waals surface area contributed by atoms with Gasteiger partial charge in [-0.05, 0) is 13.8 Å². The number of rotatable bonds is 3. The molecule has 3 nitrogen and oxygen atoms in total. The summed E-state index contributed by atoms with van der Waals surface area (Å²) in [6.07, 6.45) is 1.76. The van der Waals surface area contributed by atoms with Crippen LogP contribution in [0.2, 0.25) is 0 Å². The highest BCUT2D eigenvalue weighted by Crippen LogP contribution is 2.23. The molecule has 18 heavy (non-hydrogen) atoms. The highest BCUT2D eigenvalue weighted by atomic mass is 19.2. The van der Waals surface area contributed by atoms with E-state index in [-0.39, 0.29) is 5.69 Å². The summed E-state index contributed by atoms with van der Waals surface area (Å²) in [4.78, 5) is 4.12. The second-order valence-electron chi connectivity index (χ2n) is 3.87. The summed E-state index contributed by atoms with van der Waals surface area (Å²) < 4.78 is 41.3. The number of nitrogens with one attached hydrogen (secondary N) is 1. The predicted molar refractivity (Wildman–Crippen MR) is 62.2 cm³/mol. The minimum Gasteiger partial charge on any atom is -0.323 e. The molecule has 1 aromatic carbocycles. The van der Waals surface area contributed by atoms with Gasteiger partial charge in [-0.2, -0.15) is 0 Å². The van der Waals surface area contributed by atoms with E-state index in [1.807, 2.05) is 6.92 Å². The van der Waals surface area contributed by atoms with Crippen molar-refractivity contribution < 1.29 is 13.2 Å². The number of halogens is 3. The summed E-state index contributed by atoms with van der Waals surface area (Å²) in [5.41, 5.74) is 0.462. The van der Waals surface area contributed by atoms with Crippen molar-refractivity contribution in [3.05, 3.63) is 41.5 Å². The Balaban J connectivity index is 2.39. The van der Waals surface area contributed by atoms with E-state index in [9.17, 15) is 13.2 Å². The number of nitrogens with zero attached hydrogens (tertiary/aromatic N) is 2. The average molecular weight is 255 g/mol. The summed E-state index contributed by atoms with van der Waals surface area (Å²) in [6, 6.07) is 1.39. The first kappa shape index (κ1) is 12.5. The van der Waals surface area contributed by atoms with E-state index in [1.54, 1.807) is 17.7 Å². The minimum absolute atomic E-state index is 0.271. The van der Waals surface area contributed by atoms with Crippen LogP contribution in [0.25, 0.3) is 0 Å². The number of anilines is 2. The van der Waals surface area contributed by atoms with Crippen molar-refractivity contribution in [2.75, 3.05) is 5.32 Å². The van der Waals surface area contributed by atoms with Crippen molar-refractivity contribution in [3.63, 3.8) is 0 Å². The number of hydrogen-bond acceptors (Lipinski definition) is 2. The molecule has 0 atom stereocenters. The molecule has 0 aliphatic carbocycles. The van der Waals surface area contributed by atoms with E-state index < -0.39 is 17.5 Å². The SMILES string of the molecule is CCn1cc(C)nc1Nc1cc(F)cc(F)c1F. The van der Waals surface area contributed by atoms with Crippen molar-refractivity contribution in [2.45, 2.75) is 20.4 Å². The van der Waals surface area contributed by atoms with Gasteiger partial charge in [-0.15, -0.1) is 0 Å². The van der Waals surface area contributed by atoms with Gasteiger partial charge in [0.1, 0.15) is 5.82 Å². The van der Waals surface area contributed by atoms with Crippen LogP contribution in [0.15, 0.2) is 18.3 Å². The molecule has 1 N–H and O–H groups in total. The molecule has 2 rings (SSSR count). The van der Waals surface area contributed by atoms with E-state index in [0.29, 0.717) is 18.6 Å². The van der Waals surface area contributed by atoms with Crippen LogP contribution < -0.4 is 5.32 Å². The van der Waals surface area contributed by atoms with Gasteiger partial charge in [0.05, 0.1) is 11.4 Å². The Morgan fingerprint density at radius 3 is 2.67 bits per heavy atom. The van der Waals surface area contributed by atoms with Crippen molar-refractivity contribution in [2.24, 2.45) is 0 Å². The molecular formula is C12H12F3N3. The molecule has 2 aromatic rings. The maximum absolute atomic E-state index is 13.5. The normalized spacial score (nSPS) is 10.7. The van der Waals surface area contributed by atoms with Crippen LogP contribution in [-0.2, 0) is 6.54 Å². The Hall–Kier alpha value is -1.98. The van der Waals surface area contributed by atoms with E-state index in [1.165, 1.54) is 0 Å². The first-order chi connectivity index (χ1) is 8.51. The van der Waals surface area contributed by atoms with Gasteiger partial charge in [-0.1, -0.05) is 0 Å². The number of hydrogen-bond donors (Lipinski definition) is 1. The number of aromatic nitrogens is 2. The van der Waals surface area contributed by atoms with Crippen LogP contribution in [0, 0.1) is 24.4 Å². The largest absolute Gasteiger partial charge is 0.323 e. The number of imidazole rings is 1. The lowest BCUT2D eigenvalue weighted by Crippen LogP contribution is -2.04. The monoisotopic (exact) mass is 255 g/mol. The molecule has 0 saturated heterocycles. The van der Waals surface area contributed by atoms with E-state index >= 15 is 0 Å². The second kappa shape index (κ2) is 4.72. The van der Waals surface area contributed by atoms with E-state index in [4.69, 9.17) is 0 Å². The Morgan fingerprint density at radius 2 is 2.00 bits per heavy atom. The molecule has 0 unspecified atom stereocenters. The van der Waals surface area contributed by atoms with Crippen LogP contribution in [0.3, 0.4) is 0 Å². The molecule has 0 aliphatic heterocycles. The Kier molecular flexibility index (Phi) is 3.27. The van der Waals surface area contributed by atoms with Gasteiger partial charge in [-0.25, -0.2) is 18.2 Å². The molecule has 0 amide bonds. The molecule has 0 bridgehead atoms. The number of aryl methyl sites for hydroxylation is 2. The van der Waals surface area contributed by atoms with Crippen LogP contribution >= 0.6 is 0 Å². The Bertz CT molecular complexity index is 578. The predicted octanol–water partition coefficient (Wildman–Crippen LogP) is 3.37. The smallest absolute Gasteiger partial charge is 0.207 e. The van der Waals surface area contributed by atoms with Gasteiger partial charge >= 0.3 is 0 Å². The van der Waals surface area contributed by atoms with Crippen molar-refractivity contribution in [1.29, 1.82) is 0 Å². The lowest BCUT2D eigenvalue weighted by atomic mass is 10.3. The maximum Gasteiger partial charge on any atom is 0.207 e. The van der Waals surface area contributed by atoms with Crippen LogP contribution in [0.5, 0.6) is 0 Å². The first-order valence-corrected chi connectivity index (χ1v) is 5.46. The lowest BCUT2D eigenvalue weighted by Gasteiger charge is -2.09. The third kappa shape index (κ3) is 2.32. The summed E-state index contributed by atoms with van der Waals surface area (Å²) in [7, 11) is 0. The van der Waals surface area contributed by atoms with Gasteiger partial charge in [0.2, 0.25) is 5.95 Å². The second-order valence-corrected chi connectivity index (χ2v) is 3.87. The third-order valence-electron chi connectivity index (χ3n) is 2.48. The summed E-state index contributed by atoms with van der Waals surface area (Å²) in [5.74, 6) is -2.86. The summed E-state index contributed by atoms with van der Waals surface area (Å²) >= 11 is 0. The molecule has 0 fully saturated rings. The van der Waals surface area contributed by atoms with Gasteiger partial charge in [0, 0.05) is 24.9 Å². The Labute approximate surface area is 102 Å². The van der Waals surface area contributed by atoms with Gasteiger partial charge < -0.3 is 9.88 Å². The molecule has 1 heterocycles. The zero-order valence-electron chi connectivity index (χ0n) is 9.97. The fourth-order valence-electron chi connectivity index (χ4n) is 1.66. The fraction of sp³-hybridized carbons (Fsp3) is 0.250. The third-order valence-corrected chi connectivity index (χ3v) is 2.48. The van der Waals surface area contributed by atoms with Crippen molar-refractivity contribution in [3.8, 4) is 0 Å². The highest BCUT2D eigenvalue weighted by molar-refractivity contribution is 5.55. The molecule has 96 valence electrons. The average Bonchev–Trinajstić information content (AvgIpc) is 2.65. The first-order valence-electron chi connectivity index (χ1n) is 5.46. The van der Waals surface area contributed by atoms with E-state index in [0.717, 1.165) is 11.8 Å². The fourth-order valence-corrected chi connectivity index (χ4v) is 1.66. The maximum atomic E-state index is 13.5. The summed E-state index contributed by atoms with van der Waals surface area (Å²) in [6.45, 7) is 4.28. The standard InChI is InChI=1S/C12H12F3N3/c1-3-18-6-7(2)16-12(18)17-10-5-8(13)4-9(14)11(10)15/h4-6H,3H2,1-2H3,(H,16,17). The topological polar surface area (TPSA) is 29.9 Å². The summed E-state index contributed by atoms with van der Waals surface area (Å²) in [5, 5.41) is 2.59. The molecule has 0 radical (unpaired) electrons. The molecule has 0 spiro atoms. The quantitative estimate of drug-likeness (QED) is 0.852. The molecule has 0 saturated carbocycles. The van der Waals surface area contributed by atoms with Crippen molar-refractivity contribution in [1.82, 2.24) is 9.55 Å². The van der Waals surface area contributed by atoms with Crippen LogP contribution in [-0.4, -0.2) is 9.55 Å². The van der Waals surface area contributed by atoms with E-state index in [2.05, 4.69) is 10.3 Å². The van der Waals surface area contributed by atoms with Crippen LogP contribution in [0.4, 0.5) is 24.8 Å². The molecule has 0 aliphatic rings. The Morgan fingerprint density at radius 1 is 1.28 bits per heavy atom. The van der Waals surface area contributed by atoms with Gasteiger partial charge in [-0.3, -0.25) is 0 Å². The lowest BCUT2D eigenvalue weighted by molar-refractivity contribution is 0.498. The molecule has 1 aromatic heterocycles. The van der Waals surface area contributed by atoms with Gasteiger partial charge in [0.25, 0.3) is 0 Å². The van der Waals surface area contributed by atoms with Crippen LogP contribution in [0.1, 0.15) is 12.6 Å². The zero-order chi connectivity index (χ0) is 13.3. The molecular weight excluding hydrogens is 243 g/mol. The molecule has 6 heteroatoms. The minimum atomic E-state index is -1.23. The number of benzene rings is 1. The highest BCUT2D eigenvalue weighted by Gasteiger charge is 2.13. The van der Waals surface area contributed by atoms with Crippen molar-refractivity contribution >= 4 is 11.6 Å². The van der Waals surface area contributed by atoms with Gasteiger partial charge in [0.15, 0.2) is 11.6 Å². The zero-order valence-corrected chi connectivity index (χ0v) is 9.97.